The van der Waals surface area contributed by atoms with Crippen molar-refractivity contribution < 1.29 is 26.0 Å². The summed E-state index contributed by atoms with van der Waals surface area (Å²) >= 11 is 0. The fourth-order valence-corrected chi connectivity index (χ4v) is 4.04. The number of sulfone groups is 1. The lowest BCUT2D eigenvalue weighted by molar-refractivity contribution is -0.143. The van der Waals surface area contributed by atoms with Gasteiger partial charge in [-0.15, -0.1) is 0 Å². The first-order valence-electron chi connectivity index (χ1n) is 9.24. The van der Waals surface area contributed by atoms with Crippen molar-refractivity contribution in [1.82, 2.24) is 15.5 Å². The summed E-state index contributed by atoms with van der Waals surface area (Å²) in [4.78, 5) is 5.70. The lowest BCUT2D eigenvalue weighted by atomic mass is 10.1. The summed E-state index contributed by atoms with van der Waals surface area (Å²) < 4.78 is 74.5. The molecule has 11 heteroatoms. The normalized spacial score (nSPS) is 18.8. The van der Waals surface area contributed by atoms with E-state index in [1.807, 2.05) is 6.92 Å². The second-order valence-electron chi connectivity index (χ2n) is 7.16. The number of likely N-dealkylation sites (tertiary alicyclic amines) is 1. The Labute approximate surface area is 168 Å². The Bertz CT molecular complexity index is 828. The van der Waals surface area contributed by atoms with Gasteiger partial charge in [0.2, 0.25) is 0 Å². The molecule has 1 atom stereocenters. The number of rotatable bonds is 7. The van der Waals surface area contributed by atoms with Crippen molar-refractivity contribution in [1.29, 1.82) is 0 Å². The zero-order chi connectivity index (χ0) is 21.7. The fourth-order valence-electron chi connectivity index (χ4n) is 3.19. The molecule has 1 unspecified atom stereocenters. The van der Waals surface area contributed by atoms with Crippen molar-refractivity contribution in [2.24, 2.45) is 4.99 Å². The molecular formula is C18H26F4N4O2S. The topological polar surface area (TPSA) is 73.8 Å². The molecule has 1 aromatic rings. The van der Waals surface area contributed by atoms with Crippen molar-refractivity contribution in [2.45, 2.75) is 37.9 Å². The van der Waals surface area contributed by atoms with Gasteiger partial charge in [-0.2, -0.15) is 13.2 Å². The number of aliphatic imine (C=N–C) groups is 1. The monoisotopic (exact) mass is 438 g/mol. The first-order chi connectivity index (χ1) is 13.4. The SMILES string of the molecule is CCNC(=NCc1cc(F)ccc1CS(C)(=O)=O)NC1CCN(CC(F)(F)F)C1. The Kier molecular flexibility index (Phi) is 7.87. The van der Waals surface area contributed by atoms with Gasteiger partial charge in [-0.3, -0.25) is 4.90 Å². The highest BCUT2D eigenvalue weighted by Gasteiger charge is 2.34. The highest BCUT2D eigenvalue weighted by molar-refractivity contribution is 7.89. The van der Waals surface area contributed by atoms with Crippen LogP contribution in [0.2, 0.25) is 0 Å². The molecule has 0 amide bonds. The molecule has 0 bridgehead atoms. The predicted octanol–water partition coefficient (Wildman–Crippen LogP) is 2.06. The second-order valence-corrected chi connectivity index (χ2v) is 9.30. The van der Waals surface area contributed by atoms with Crippen LogP contribution in [0.15, 0.2) is 23.2 Å². The predicted molar refractivity (Wildman–Crippen MR) is 104 cm³/mol. The van der Waals surface area contributed by atoms with Crippen molar-refractivity contribution in [3.05, 3.63) is 35.1 Å². The standard InChI is InChI=1S/C18H26F4N4O2S/c1-3-23-17(25-16-6-7-26(10-16)12-18(20,21)22)24-9-14-8-15(19)5-4-13(14)11-29(2,27)28/h4-5,8,16H,3,6-7,9-12H2,1-2H3,(H2,23,24,25). The molecule has 1 saturated heterocycles. The molecular weight excluding hydrogens is 412 g/mol. The Hall–Kier alpha value is -1.88. The molecule has 1 aliphatic rings. The summed E-state index contributed by atoms with van der Waals surface area (Å²) in [5, 5.41) is 6.11. The summed E-state index contributed by atoms with van der Waals surface area (Å²) in [7, 11) is -3.30. The number of hydrogen-bond acceptors (Lipinski definition) is 4. The molecule has 0 radical (unpaired) electrons. The first-order valence-corrected chi connectivity index (χ1v) is 11.3. The van der Waals surface area contributed by atoms with Crippen LogP contribution in [0, 0.1) is 5.82 Å². The smallest absolute Gasteiger partial charge is 0.357 e. The van der Waals surface area contributed by atoms with E-state index in [9.17, 15) is 26.0 Å². The zero-order valence-corrected chi connectivity index (χ0v) is 17.2. The minimum absolute atomic E-state index is 0.0386. The van der Waals surface area contributed by atoms with E-state index in [0.717, 1.165) is 6.26 Å². The van der Waals surface area contributed by atoms with Crippen LogP contribution in [-0.4, -0.2) is 63.9 Å². The quantitative estimate of drug-likeness (QED) is 0.387. The average Bonchev–Trinajstić information content (AvgIpc) is 2.98. The van der Waals surface area contributed by atoms with Gasteiger partial charge in [0, 0.05) is 31.9 Å². The minimum atomic E-state index is -4.24. The van der Waals surface area contributed by atoms with E-state index in [2.05, 4.69) is 15.6 Å². The highest BCUT2D eigenvalue weighted by atomic mass is 32.2. The summed E-state index contributed by atoms with van der Waals surface area (Å²) in [6, 6.07) is 3.67. The molecule has 0 saturated carbocycles. The minimum Gasteiger partial charge on any atom is -0.357 e. The lowest BCUT2D eigenvalue weighted by Gasteiger charge is -2.20. The third-order valence-electron chi connectivity index (χ3n) is 4.35. The largest absolute Gasteiger partial charge is 0.401 e. The number of nitrogens with zero attached hydrogens (tertiary/aromatic N) is 2. The van der Waals surface area contributed by atoms with E-state index in [1.165, 1.54) is 23.1 Å². The molecule has 1 aliphatic heterocycles. The van der Waals surface area contributed by atoms with Crippen LogP contribution in [0.1, 0.15) is 24.5 Å². The van der Waals surface area contributed by atoms with Crippen molar-refractivity contribution in [3.8, 4) is 0 Å². The first kappa shape index (κ1) is 23.4. The molecule has 0 spiro atoms. The maximum absolute atomic E-state index is 13.6. The van der Waals surface area contributed by atoms with Gasteiger partial charge in [-0.25, -0.2) is 17.8 Å². The Morgan fingerprint density at radius 1 is 1.31 bits per heavy atom. The average molecular weight is 438 g/mol. The Morgan fingerprint density at radius 2 is 2.03 bits per heavy atom. The van der Waals surface area contributed by atoms with Crippen LogP contribution in [-0.2, 0) is 22.1 Å². The van der Waals surface area contributed by atoms with E-state index in [1.54, 1.807) is 0 Å². The lowest BCUT2D eigenvalue weighted by Crippen LogP contribution is -2.45. The number of halogens is 4. The van der Waals surface area contributed by atoms with Gasteiger partial charge in [-0.1, -0.05) is 6.07 Å². The Morgan fingerprint density at radius 3 is 2.66 bits per heavy atom. The zero-order valence-electron chi connectivity index (χ0n) is 16.4. The molecule has 1 heterocycles. The highest BCUT2D eigenvalue weighted by Crippen LogP contribution is 2.20. The second kappa shape index (κ2) is 9.75. The van der Waals surface area contributed by atoms with E-state index in [0.29, 0.717) is 36.6 Å². The molecule has 2 rings (SSSR count). The van der Waals surface area contributed by atoms with Crippen molar-refractivity contribution >= 4 is 15.8 Å². The number of hydrogen-bond donors (Lipinski definition) is 2. The number of alkyl halides is 3. The van der Waals surface area contributed by atoms with Crippen LogP contribution < -0.4 is 10.6 Å². The third-order valence-corrected chi connectivity index (χ3v) is 5.19. The van der Waals surface area contributed by atoms with Crippen LogP contribution in [0.4, 0.5) is 17.6 Å². The molecule has 0 aliphatic carbocycles. The number of guanidine groups is 1. The van der Waals surface area contributed by atoms with Gasteiger partial charge in [0.25, 0.3) is 0 Å². The van der Waals surface area contributed by atoms with E-state index in [-0.39, 0.29) is 24.9 Å². The van der Waals surface area contributed by atoms with Crippen LogP contribution >= 0.6 is 0 Å². The van der Waals surface area contributed by atoms with Crippen LogP contribution in [0.25, 0.3) is 0 Å². The van der Waals surface area contributed by atoms with Gasteiger partial charge in [-0.05, 0) is 36.6 Å². The molecule has 1 aromatic carbocycles. The molecule has 1 fully saturated rings. The summed E-state index contributed by atoms with van der Waals surface area (Å²) in [5.74, 6) is -0.332. The number of nitrogens with one attached hydrogen (secondary N) is 2. The molecule has 29 heavy (non-hydrogen) atoms. The van der Waals surface area contributed by atoms with Gasteiger partial charge in [0.1, 0.15) is 5.82 Å². The van der Waals surface area contributed by atoms with E-state index < -0.39 is 28.4 Å². The van der Waals surface area contributed by atoms with Crippen molar-refractivity contribution in [3.63, 3.8) is 0 Å². The van der Waals surface area contributed by atoms with E-state index in [4.69, 9.17) is 0 Å². The van der Waals surface area contributed by atoms with Gasteiger partial charge < -0.3 is 10.6 Å². The molecule has 0 aromatic heterocycles. The fraction of sp³-hybridized carbons (Fsp3) is 0.611. The summed E-state index contributed by atoms with van der Waals surface area (Å²) in [6.07, 6.45) is -2.59. The third kappa shape index (κ3) is 8.57. The van der Waals surface area contributed by atoms with Crippen molar-refractivity contribution in [2.75, 3.05) is 32.4 Å². The van der Waals surface area contributed by atoms with Gasteiger partial charge in [0.15, 0.2) is 15.8 Å². The van der Waals surface area contributed by atoms with Crippen LogP contribution in [0.5, 0.6) is 0 Å². The van der Waals surface area contributed by atoms with Gasteiger partial charge in [0.05, 0.1) is 18.8 Å². The van der Waals surface area contributed by atoms with E-state index >= 15 is 0 Å². The Balaban J connectivity index is 2.07. The molecule has 2 N–H and O–H groups in total. The maximum atomic E-state index is 13.6. The maximum Gasteiger partial charge on any atom is 0.401 e. The summed E-state index contributed by atoms with van der Waals surface area (Å²) in [5.41, 5.74) is 0.906. The van der Waals surface area contributed by atoms with Gasteiger partial charge >= 0.3 is 6.18 Å². The molecule has 164 valence electrons. The summed E-state index contributed by atoms with van der Waals surface area (Å²) in [6.45, 7) is 2.04. The van der Waals surface area contributed by atoms with Crippen LogP contribution in [0.3, 0.4) is 0 Å². The number of benzene rings is 1. The molecule has 6 nitrogen and oxygen atoms in total.